The Morgan fingerprint density at radius 3 is 1.88 bits per heavy atom. The quantitative estimate of drug-likeness (QED) is 0.359. The van der Waals surface area contributed by atoms with Crippen LogP contribution in [0, 0.1) is 0 Å². The minimum absolute atomic E-state index is 0.129. The van der Waals surface area contributed by atoms with Crippen LogP contribution in [0.1, 0.15) is 36.0 Å². The van der Waals surface area contributed by atoms with E-state index in [9.17, 15) is 4.57 Å². The molecule has 0 bridgehead atoms. The summed E-state index contributed by atoms with van der Waals surface area (Å²) in [7, 11) is -1.85. The Hall–Kier alpha value is -2.11. The van der Waals surface area contributed by atoms with Crippen molar-refractivity contribution in [3.05, 3.63) is 102 Å². The van der Waals surface area contributed by atoms with Crippen LogP contribution in [0.2, 0.25) is 0 Å². The Balaban J connectivity index is 1.66. The lowest BCUT2D eigenvalue weighted by Crippen LogP contribution is -2.03. The Kier molecular flexibility index (Phi) is 6.65. The molecule has 0 radical (unpaired) electrons. The van der Waals surface area contributed by atoms with E-state index in [4.69, 9.17) is 0 Å². The van der Waals surface area contributed by atoms with E-state index in [0.29, 0.717) is 0 Å². The zero-order chi connectivity index (χ0) is 17.3. The van der Waals surface area contributed by atoms with E-state index >= 15 is 0 Å². The third-order valence-corrected chi connectivity index (χ3v) is 6.79. The molecule has 0 heterocycles. The second kappa shape index (κ2) is 9.39. The second-order valence-electron chi connectivity index (χ2n) is 6.42. The topological polar surface area (TPSA) is 17.1 Å². The van der Waals surface area contributed by atoms with Crippen LogP contribution in [0.15, 0.2) is 91.0 Å². The third kappa shape index (κ3) is 5.18. The van der Waals surface area contributed by atoms with Gasteiger partial charge >= 0.3 is 0 Å². The highest BCUT2D eigenvalue weighted by Gasteiger charge is 2.19. The highest BCUT2D eigenvalue weighted by molar-refractivity contribution is 7.53. The highest BCUT2D eigenvalue weighted by Crippen LogP contribution is 2.43. The van der Waals surface area contributed by atoms with Crippen molar-refractivity contribution in [2.75, 3.05) is 0 Å². The minimum atomic E-state index is -1.85. The average Bonchev–Trinajstić information content (AvgIpc) is 2.70. The maximum absolute atomic E-state index is 13.2. The number of unbranched alkanes of at least 4 members (excludes halogenated alkanes) is 1. The summed E-state index contributed by atoms with van der Waals surface area (Å²) in [6, 6.07) is 30.9. The van der Waals surface area contributed by atoms with Gasteiger partial charge in [0, 0.05) is 11.0 Å². The van der Waals surface area contributed by atoms with Gasteiger partial charge in [0.05, 0.1) is 0 Å². The first-order chi connectivity index (χ1) is 12.3. The molecular formula is C23H25OP. The summed E-state index contributed by atoms with van der Waals surface area (Å²) in [5.41, 5.74) is 2.72. The normalized spacial score (nSPS) is 13.3. The minimum Gasteiger partial charge on any atom is -0.321 e. The Morgan fingerprint density at radius 1 is 0.680 bits per heavy atom. The molecule has 0 saturated heterocycles. The van der Waals surface area contributed by atoms with Gasteiger partial charge in [-0.15, -0.1) is 0 Å². The van der Waals surface area contributed by atoms with E-state index < -0.39 is 7.80 Å². The first-order valence-electron chi connectivity index (χ1n) is 9.03. The molecular weight excluding hydrogens is 323 g/mol. The van der Waals surface area contributed by atoms with Crippen molar-refractivity contribution in [3.8, 4) is 0 Å². The predicted molar refractivity (Wildman–Crippen MR) is 108 cm³/mol. The zero-order valence-electron chi connectivity index (χ0n) is 14.5. The standard InChI is InChI=1S/C23H25OP/c24-25(22-17-8-3-9-18-22)23(21-15-6-2-7-16-21)19-11-10-14-20-12-4-1-5-13-20/h1-9,12-13,15-18,23,25H,10-11,14,19H2. The SMILES string of the molecule is O=[PH](c1ccccc1)C(CCCCc1ccccc1)c1ccccc1. The number of hydrogen-bond acceptors (Lipinski definition) is 1. The molecule has 2 unspecified atom stereocenters. The van der Waals surface area contributed by atoms with Crippen LogP contribution < -0.4 is 5.30 Å². The largest absolute Gasteiger partial charge is 0.321 e. The molecule has 25 heavy (non-hydrogen) atoms. The van der Waals surface area contributed by atoms with Crippen molar-refractivity contribution < 1.29 is 4.57 Å². The van der Waals surface area contributed by atoms with Crippen LogP contribution >= 0.6 is 7.80 Å². The Labute approximate surface area is 151 Å². The van der Waals surface area contributed by atoms with Crippen LogP contribution in [0.4, 0.5) is 0 Å². The number of hydrogen-bond donors (Lipinski definition) is 0. The van der Waals surface area contributed by atoms with E-state index in [2.05, 4.69) is 42.5 Å². The summed E-state index contributed by atoms with van der Waals surface area (Å²) >= 11 is 0. The van der Waals surface area contributed by atoms with Crippen molar-refractivity contribution in [3.63, 3.8) is 0 Å². The van der Waals surface area contributed by atoms with Crippen LogP contribution in [0.5, 0.6) is 0 Å². The van der Waals surface area contributed by atoms with E-state index in [1.807, 2.05) is 48.5 Å². The van der Waals surface area contributed by atoms with Crippen molar-refractivity contribution in [1.29, 1.82) is 0 Å². The van der Waals surface area contributed by atoms with Crippen LogP contribution in [0.3, 0.4) is 0 Å². The summed E-state index contributed by atoms with van der Waals surface area (Å²) in [6.45, 7) is 0. The second-order valence-corrected chi connectivity index (χ2v) is 8.43. The van der Waals surface area contributed by atoms with Gasteiger partial charge in [0.1, 0.15) is 7.80 Å². The first kappa shape index (κ1) is 17.7. The maximum Gasteiger partial charge on any atom is 0.111 e. The van der Waals surface area contributed by atoms with Gasteiger partial charge in [-0.05, 0) is 30.4 Å². The van der Waals surface area contributed by atoms with Gasteiger partial charge in [-0.1, -0.05) is 97.4 Å². The van der Waals surface area contributed by atoms with Gasteiger partial charge < -0.3 is 4.57 Å². The first-order valence-corrected chi connectivity index (χ1v) is 10.5. The summed E-state index contributed by atoms with van der Waals surface area (Å²) in [6.07, 6.45) is 4.30. The third-order valence-electron chi connectivity index (χ3n) is 4.63. The molecule has 0 aliphatic rings. The van der Waals surface area contributed by atoms with Crippen molar-refractivity contribution in [2.45, 2.75) is 31.3 Å². The van der Waals surface area contributed by atoms with Gasteiger partial charge in [0.2, 0.25) is 0 Å². The monoisotopic (exact) mass is 348 g/mol. The van der Waals surface area contributed by atoms with E-state index in [1.54, 1.807) is 0 Å². The number of aryl methyl sites for hydroxylation is 1. The molecule has 0 amide bonds. The van der Waals surface area contributed by atoms with E-state index in [0.717, 1.165) is 31.0 Å². The van der Waals surface area contributed by atoms with Crippen molar-refractivity contribution in [2.24, 2.45) is 0 Å². The summed E-state index contributed by atoms with van der Waals surface area (Å²) in [5, 5.41) is 0.990. The molecule has 0 N–H and O–H groups in total. The zero-order valence-corrected chi connectivity index (χ0v) is 15.5. The molecule has 0 saturated carbocycles. The molecule has 1 nitrogen and oxygen atoms in total. The van der Waals surface area contributed by atoms with Crippen molar-refractivity contribution in [1.82, 2.24) is 0 Å². The molecule has 0 aromatic heterocycles. The summed E-state index contributed by atoms with van der Waals surface area (Å²) in [4.78, 5) is 0. The van der Waals surface area contributed by atoms with Gasteiger partial charge in [0.25, 0.3) is 0 Å². The summed E-state index contributed by atoms with van der Waals surface area (Å²) in [5.74, 6) is 0. The Bertz CT molecular complexity index is 769. The van der Waals surface area contributed by atoms with Gasteiger partial charge in [-0.3, -0.25) is 0 Å². The molecule has 0 aliphatic heterocycles. The highest BCUT2D eigenvalue weighted by atomic mass is 31.1. The lowest BCUT2D eigenvalue weighted by atomic mass is 10.0. The van der Waals surface area contributed by atoms with E-state index in [-0.39, 0.29) is 5.66 Å². The van der Waals surface area contributed by atoms with Crippen LogP contribution in [-0.4, -0.2) is 0 Å². The lowest BCUT2D eigenvalue weighted by molar-refractivity contribution is 0.574. The summed E-state index contributed by atoms with van der Waals surface area (Å²) < 4.78 is 13.2. The van der Waals surface area contributed by atoms with Crippen LogP contribution in [0.25, 0.3) is 0 Å². The molecule has 2 heteroatoms. The Morgan fingerprint density at radius 2 is 1.24 bits per heavy atom. The molecule has 128 valence electrons. The molecule has 3 aromatic rings. The molecule has 0 fully saturated rings. The fraction of sp³-hybridized carbons (Fsp3) is 0.217. The molecule has 2 atom stereocenters. The molecule has 0 aliphatic carbocycles. The van der Waals surface area contributed by atoms with Gasteiger partial charge in [-0.25, -0.2) is 0 Å². The fourth-order valence-corrected chi connectivity index (χ4v) is 5.15. The maximum atomic E-state index is 13.2. The van der Waals surface area contributed by atoms with Crippen LogP contribution in [-0.2, 0) is 11.0 Å². The molecule has 0 spiro atoms. The van der Waals surface area contributed by atoms with Crippen molar-refractivity contribution >= 4 is 13.1 Å². The molecule has 3 rings (SSSR count). The number of rotatable bonds is 8. The lowest BCUT2D eigenvalue weighted by Gasteiger charge is -2.18. The van der Waals surface area contributed by atoms with Gasteiger partial charge in [0.15, 0.2) is 0 Å². The predicted octanol–water partition coefficient (Wildman–Crippen LogP) is 6.03. The molecule has 3 aromatic carbocycles. The smallest absolute Gasteiger partial charge is 0.111 e. The average molecular weight is 348 g/mol. The van der Waals surface area contributed by atoms with E-state index in [1.165, 1.54) is 11.1 Å². The van der Waals surface area contributed by atoms with Gasteiger partial charge in [-0.2, -0.15) is 0 Å². The number of benzene rings is 3. The fourth-order valence-electron chi connectivity index (χ4n) is 3.26.